The van der Waals surface area contributed by atoms with Crippen LogP contribution in [0.1, 0.15) is 0 Å². The highest BCUT2D eigenvalue weighted by Gasteiger charge is 2.33. The van der Waals surface area contributed by atoms with Crippen LogP contribution in [0.15, 0.2) is 46.5 Å². The van der Waals surface area contributed by atoms with Gasteiger partial charge in [-0.2, -0.15) is 0 Å². The number of carbonyl (C=O) groups excluding carboxylic acids is 2. The summed E-state index contributed by atoms with van der Waals surface area (Å²) >= 11 is 0. The fraction of sp³-hybridized carbons (Fsp3) is 0.235. The highest BCUT2D eigenvalue weighted by molar-refractivity contribution is 6.05. The maximum Gasteiger partial charge on any atom is 0.355 e. The Morgan fingerprint density at radius 3 is 2.60 bits per heavy atom. The molecular weight excluding hydrogens is 328 g/mol. The van der Waals surface area contributed by atoms with E-state index in [-0.39, 0.29) is 30.2 Å². The normalized spacial score (nSPS) is 14.6. The molecular formula is C17H16N2O6. The Labute approximate surface area is 142 Å². The fourth-order valence-corrected chi connectivity index (χ4v) is 2.77. The largest absolute Gasteiger partial charge is 0.466 e. The van der Waals surface area contributed by atoms with E-state index in [9.17, 15) is 14.4 Å². The number of pyridine rings is 1. The van der Waals surface area contributed by atoms with Gasteiger partial charge in [0, 0.05) is 17.0 Å². The number of esters is 2. The molecule has 0 unspecified atom stereocenters. The Balaban J connectivity index is 2.25. The van der Waals surface area contributed by atoms with Crippen molar-refractivity contribution in [1.29, 1.82) is 0 Å². The number of hydrogen-bond donors (Lipinski definition) is 1. The van der Waals surface area contributed by atoms with Crippen molar-refractivity contribution in [2.45, 2.75) is 0 Å². The highest BCUT2D eigenvalue weighted by atomic mass is 16.5. The molecule has 0 fully saturated rings. The van der Waals surface area contributed by atoms with Crippen molar-refractivity contribution < 1.29 is 23.8 Å². The van der Waals surface area contributed by atoms with Gasteiger partial charge in [0.1, 0.15) is 12.4 Å². The number of hydrogen-bond acceptors (Lipinski definition) is 7. The molecule has 1 aromatic heterocycles. The van der Waals surface area contributed by atoms with E-state index < -0.39 is 11.9 Å². The van der Waals surface area contributed by atoms with Crippen LogP contribution in [0, 0.1) is 0 Å². The molecule has 8 heteroatoms. The summed E-state index contributed by atoms with van der Waals surface area (Å²) in [6.07, 6.45) is 1.52. The third-order valence-electron chi connectivity index (χ3n) is 3.92. The van der Waals surface area contributed by atoms with E-state index in [1.807, 2.05) is 0 Å². The molecule has 2 aromatic rings. The van der Waals surface area contributed by atoms with Gasteiger partial charge in [-0.05, 0) is 18.2 Å². The third-order valence-corrected chi connectivity index (χ3v) is 3.92. The van der Waals surface area contributed by atoms with Crippen molar-refractivity contribution in [3.05, 3.63) is 52.1 Å². The Kier molecular flexibility index (Phi) is 4.53. The van der Waals surface area contributed by atoms with Crippen LogP contribution in [0.5, 0.6) is 0 Å². The van der Waals surface area contributed by atoms with Crippen LogP contribution >= 0.6 is 0 Å². The summed E-state index contributed by atoms with van der Waals surface area (Å²) in [5.41, 5.74) is 0.384. The van der Waals surface area contributed by atoms with Crippen LogP contribution in [0.2, 0.25) is 0 Å². The lowest BCUT2D eigenvalue weighted by Crippen LogP contribution is -2.39. The van der Waals surface area contributed by atoms with Crippen molar-refractivity contribution in [2.24, 2.45) is 0 Å². The molecule has 0 saturated carbocycles. The number of ether oxygens (including phenoxy) is 3. The van der Waals surface area contributed by atoms with E-state index in [0.717, 1.165) is 0 Å². The summed E-state index contributed by atoms with van der Waals surface area (Å²) in [5, 5.41) is 1.07. The minimum absolute atomic E-state index is 0.0246. The smallest absolute Gasteiger partial charge is 0.355 e. The number of aromatic nitrogens is 1. The minimum Gasteiger partial charge on any atom is -0.466 e. The molecule has 2 heterocycles. The standard InChI is InChI=1S/C17H16N2O6/c1-23-16(21)12-8-25-9-19(14(12)17(22)24-2)13-5-3-4-11-10(13)6-7-18-15(11)20/h3-7H,8-9H2,1-2H3,(H,18,20). The monoisotopic (exact) mass is 344 g/mol. The first kappa shape index (κ1) is 16.7. The second-order valence-corrected chi connectivity index (χ2v) is 5.26. The summed E-state index contributed by atoms with van der Waals surface area (Å²) in [5.74, 6) is -1.37. The molecule has 1 aromatic carbocycles. The number of aromatic amines is 1. The molecule has 0 saturated heterocycles. The molecule has 0 radical (unpaired) electrons. The summed E-state index contributed by atoms with van der Waals surface area (Å²) in [4.78, 5) is 40.5. The van der Waals surface area contributed by atoms with Crippen LogP contribution in [0.4, 0.5) is 5.69 Å². The predicted octanol–water partition coefficient (Wildman–Crippen LogP) is 0.922. The van der Waals surface area contributed by atoms with Crippen molar-refractivity contribution in [3.8, 4) is 0 Å². The molecule has 0 amide bonds. The zero-order valence-electron chi connectivity index (χ0n) is 13.7. The molecule has 130 valence electrons. The SMILES string of the molecule is COC(=O)C1=C(C(=O)OC)N(c2cccc3c(=O)[nH]ccc23)COC1. The van der Waals surface area contributed by atoms with Crippen molar-refractivity contribution in [1.82, 2.24) is 4.98 Å². The quantitative estimate of drug-likeness (QED) is 0.827. The number of fused-ring (bicyclic) bond motifs is 1. The van der Waals surface area contributed by atoms with Crippen LogP contribution < -0.4 is 10.5 Å². The van der Waals surface area contributed by atoms with Gasteiger partial charge < -0.3 is 24.1 Å². The van der Waals surface area contributed by atoms with Gasteiger partial charge in [-0.3, -0.25) is 4.79 Å². The summed E-state index contributed by atoms with van der Waals surface area (Å²) < 4.78 is 15.0. The van der Waals surface area contributed by atoms with Crippen molar-refractivity contribution >= 4 is 28.4 Å². The zero-order chi connectivity index (χ0) is 18.0. The molecule has 25 heavy (non-hydrogen) atoms. The van der Waals surface area contributed by atoms with Gasteiger partial charge in [0.25, 0.3) is 5.56 Å². The highest BCUT2D eigenvalue weighted by Crippen LogP contribution is 2.31. The molecule has 3 rings (SSSR count). The number of anilines is 1. The number of nitrogens with zero attached hydrogens (tertiary/aromatic N) is 1. The van der Waals surface area contributed by atoms with Gasteiger partial charge in [-0.1, -0.05) is 6.07 Å². The first-order chi connectivity index (χ1) is 12.1. The van der Waals surface area contributed by atoms with Crippen molar-refractivity contribution in [3.63, 3.8) is 0 Å². The summed E-state index contributed by atoms with van der Waals surface area (Å²) in [7, 11) is 2.45. The van der Waals surface area contributed by atoms with Gasteiger partial charge in [0.2, 0.25) is 0 Å². The third kappa shape index (κ3) is 2.87. The van der Waals surface area contributed by atoms with Gasteiger partial charge in [-0.15, -0.1) is 0 Å². The van der Waals surface area contributed by atoms with Crippen LogP contribution in [-0.2, 0) is 23.8 Å². The topological polar surface area (TPSA) is 97.9 Å². The van der Waals surface area contributed by atoms with E-state index in [2.05, 4.69) is 4.98 Å². The number of methoxy groups -OCH3 is 2. The lowest BCUT2D eigenvalue weighted by Gasteiger charge is -2.32. The molecule has 0 bridgehead atoms. The van der Waals surface area contributed by atoms with E-state index in [1.54, 1.807) is 24.3 Å². The fourth-order valence-electron chi connectivity index (χ4n) is 2.77. The molecule has 1 aliphatic rings. The van der Waals surface area contributed by atoms with E-state index in [1.165, 1.54) is 25.3 Å². The van der Waals surface area contributed by atoms with Gasteiger partial charge in [0.05, 0.1) is 32.1 Å². The number of benzene rings is 1. The summed E-state index contributed by atoms with van der Waals surface area (Å²) in [6, 6.07) is 6.81. The first-order valence-corrected chi connectivity index (χ1v) is 7.44. The Hall–Kier alpha value is -3.13. The average Bonchev–Trinajstić information content (AvgIpc) is 2.66. The van der Waals surface area contributed by atoms with Crippen LogP contribution in [0.3, 0.4) is 0 Å². The minimum atomic E-state index is -0.689. The van der Waals surface area contributed by atoms with E-state index >= 15 is 0 Å². The average molecular weight is 344 g/mol. The predicted molar refractivity (Wildman–Crippen MR) is 88.9 cm³/mol. The second kappa shape index (κ2) is 6.78. The maximum atomic E-state index is 12.3. The van der Waals surface area contributed by atoms with E-state index in [4.69, 9.17) is 14.2 Å². The number of nitrogens with one attached hydrogen (secondary N) is 1. The van der Waals surface area contributed by atoms with Gasteiger partial charge in [0.15, 0.2) is 0 Å². The lowest BCUT2D eigenvalue weighted by molar-refractivity contribution is -0.140. The summed E-state index contributed by atoms with van der Waals surface area (Å²) in [6.45, 7) is -0.0458. The van der Waals surface area contributed by atoms with Crippen molar-refractivity contribution in [2.75, 3.05) is 32.5 Å². The molecule has 0 spiro atoms. The zero-order valence-corrected chi connectivity index (χ0v) is 13.7. The number of rotatable bonds is 3. The molecule has 0 aliphatic carbocycles. The second-order valence-electron chi connectivity index (χ2n) is 5.26. The Morgan fingerprint density at radius 1 is 1.12 bits per heavy atom. The number of carbonyl (C=O) groups is 2. The molecule has 1 N–H and O–H groups in total. The van der Waals surface area contributed by atoms with Crippen LogP contribution in [0.25, 0.3) is 10.8 Å². The maximum absolute atomic E-state index is 12.3. The van der Waals surface area contributed by atoms with Gasteiger partial charge in [-0.25, -0.2) is 9.59 Å². The first-order valence-electron chi connectivity index (χ1n) is 7.44. The lowest BCUT2D eigenvalue weighted by atomic mass is 10.1. The number of H-pyrrole nitrogens is 1. The Morgan fingerprint density at radius 2 is 1.88 bits per heavy atom. The molecule has 1 aliphatic heterocycles. The van der Waals surface area contributed by atoms with Crippen LogP contribution in [-0.4, -0.2) is 44.5 Å². The molecule has 8 nitrogen and oxygen atoms in total. The van der Waals surface area contributed by atoms with E-state index in [0.29, 0.717) is 16.5 Å². The Bertz CT molecular complexity index is 930. The molecule has 0 atom stereocenters. The van der Waals surface area contributed by atoms with Gasteiger partial charge >= 0.3 is 11.9 Å².